The third-order valence-corrected chi connectivity index (χ3v) is 5.82. The quantitative estimate of drug-likeness (QED) is 0.799. The van der Waals surface area contributed by atoms with Crippen molar-refractivity contribution in [3.8, 4) is 10.6 Å². The summed E-state index contributed by atoms with van der Waals surface area (Å²) in [5.74, 6) is 0. The van der Waals surface area contributed by atoms with Crippen LogP contribution in [0.3, 0.4) is 0 Å². The number of H-pyrrole nitrogens is 1. The van der Waals surface area contributed by atoms with E-state index in [0.29, 0.717) is 0 Å². The van der Waals surface area contributed by atoms with E-state index in [1.54, 1.807) is 11.1 Å². The van der Waals surface area contributed by atoms with Crippen LogP contribution >= 0.6 is 22.7 Å². The molecule has 0 unspecified atom stereocenters. The number of aromatic nitrogens is 2. The Morgan fingerprint density at radius 3 is 3.15 bits per heavy atom. The minimum atomic E-state index is 1.05. The molecule has 0 fully saturated rings. The van der Waals surface area contributed by atoms with Crippen molar-refractivity contribution in [3.05, 3.63) is 51.2 Å². The second kappa shape index (κ2) is 5.16. The average molecular weight is 301 g/mol. The summed E-state index contributed by atoms with van der Waals surface area (Å²) in [6.07, 6.45) is 3.00. The molecule has 0 radical (unpaired) electrons. The predicted molar refractivity (Wildman–Crippen MR) is 84.0 cm³/mol. The van der Waals surface area contributed by atoms with Gasteiger partial charge in [-0.15, -0.1) is 22.7 Å². The number of thiophene rings is 2. The molecule has 4 heterocycles. The molecule has 1 aliphatic rings. The van der Waals surface area contributed by atoms with Crippen LogP contribution in [0, 0.1) is 0 Å². The van der Waals surface area contributed by atoms with Crippen molar-refractivity contribution in [3.63, 3.8) is 0 Å². The fourth-order valence-electron chi connectivity index (χ4n) is 2.66. The highest BCUT2D eigenvalue weighted by atomic mass is 32.1. The fraction of sp³-hybridized carbons (Fsp3) is 0.267. The zero-order valence-corrected chi connectivity index (χ0v) is 12.6. The molecule has 3 nitrogen and oxygen atoms in total. The Morgan fingerprint density at radius 1 is 1.25 bits per heavy atom. The van der Waals surface area contributed by atoms with Crippen molar-refractivity contribution in [2.45, 2.75) is 19.5 Å². The van der Waals surface area contributed by atoms with E-state index in [-0.39, 0.29) is 0 Å². The minimum absolute atomic E-state index is 1.05. The summed E-state index contributed by atoms with van der Waals surface area (Å²) in [6, 6.07) is 8.72. The number of nitrogens with zero attached hydrogens (tertiary/aromatic N) is 2. The van der Waals surface area contributed by atoms with Gasteiger partial charge in [0.05, 0.1) is 10.6 Å². The van der Waals surface area contributed by atoms with E-state index in [2.05, 4.69) is 38.7 Å². The summed E-state index contributed by atoms with van der Waals surface area (Å²) in [5, 5.41) is 9.26. The van der Waals surface area contributed by atoms with Crippen molar-refractivity contribution in [2.24, 2.45) is 0 Å². The van der Waals surface area contributed by atoms with Gasteiger partial charge in [-0.1, -0.05) is 0 Å². The van der Waals surface area contributed by atoms with Gasteiger partial charge in [0.25, 0.3) is 0 Å². The number of hydrogen-bond donors (Lipinski definition) is 1. The molecule has 0 bridgehead atoms. The van der Waals surface area contributed by atoms with Gasteiger partial charge >= 0.3 is 0 Å². The molecule has 0 atom stereocenters. The van der Waals surface area contributed by atoms with Gasteiger partial charge < -0.3 is 0 Å². The first-order valence-electron chi connectivity index (χ1n) is 6.74. The molecule has 1 N–H and O–H groups in total. The molecule has 5 heteroatoms. The SMILES string of the molecule is c1cc(-c2ccc(CN3CCc4sccc4C3)s2)[nH]n1. The van der Waals surface area contributed by atoms with Crippen LogP contribution in [0.1, 0.15) is 15.3 Å². The maximum Gasteiger partial charge on any atom is 0.0749 e. The van der Waals surface area contributed by atoms with Gasteiger partial charge in [-0.2, -0.15) is 5.10 Å². The first kappa shape index (κ1) is 12.3. The number of fused-ring (bicyclic) bond motifs is 1. The Kier molecular flexibility index (Phi) is 3.18. The van der Waals surface area contributed by atoms with Crippen molar-refractivity contribution >= 4 is 22.7 Å². The predicted octanol–water partition coefficient (Wildman–Crippen LogP) is 3.76. The Bertz CT molecular complexity index is 696. The largest absolute Gasteiger partial charge is 0.294 e. The second-order valence-corrected chi connectivity index (χ2v) is 7.23. The summed E-state index contributed by atoms with van der Waals surface area (Å²) < 4.78 is 0. The van der Waals surface area contributed by atoms with Gasteiger partial charge in [0.2, 0.25) is 0 Å². The Labute approximate surface area is 125 Å². The number of aromatic amines is 1. The number of nitrogens with one attached hydrogen (secondary N) is 1. The first-order chi connectivity index (χ1) is 9.88. The highest BCUT2D eigenvalue weighted by Crippen LogP contribution is 2.29. The second-order valence-electron chi connectivity index (χ2n) is 5.07. The van der Waals surface area contributed by atoms with Crippen LogP contribution in [-0.4, -0.2) is 21.6 Å². The number of rotatable bonds is 3. The van der Waals surface area contributed by atoms with Gasteiger partial charge in [-0.3, -0.25) is 10.00 Å². The van der Waals surface area contributed by atoms with Gasteiger partial charge in [-0.05, 0) is 41.6 Å². The summed E-state index contributed by atoms with van der Waals surface area (Å²) in [5.41, 5.74) is 2.63. The summed E-state index contributed by atoms with van der Waals surface area (Å²) >= 11 is 3.76. The highest BCUT2D eigenvalue weighted by Gasteiger charge is 2.17. The molecule has 0 saturated carbocycles. The zero-order valence-electron chi connectivity index (χ0n) is 11.0. The van der Waals surface area contributed by atoms with E-state index in [4.69, 9.17) is 0 Å². The van der Waals surface area contributed by atoms with Gasteiger partial charge in [0.1, 0.15) is 0 Å². The van der Waals surface area contributed by atoms with Crippen LogP contribution in [-0.2, 0) is 19.5 Å². The maximum absolute atomic E-state index is 4.02. The van der Waals surface area contributed by atoms with E-state index in [9.17, 15) is 0 Å². The molecule has 1 aliphatic heterocycles. The van der Waals surface area contributed by atoms with Crippen molar-refractivity contribution in [2.75, 3.05) is 6.54 Å². The topological polar surface area (TPSA) is 31.9 Å². The van der Waals surface area contributed by atoms with E-state index >= 15 is 0 Å². The third-order valence-electron chi connectivity index (χ3n) is 3.69. The monoisotopic (exact) mass is 301 g/mol. The minimum Gasteiger partial charge on any atom is -0.294 e. The molecular weight excluding hydrogens is 286 g/mol. The molecule has 0 aromatic carbocycles. The Morgan fingerprint density at radius 2 is 2.25 bits per heavy atom. The molecule has 0 saturated heterocycles. The lowest BCUT2D eigenvalue weighted by atomic mass is 10.1. The standard InChI is InChI=1S/C15H15N3S2/c1-2-15(13-3-6-16-17-13)20-12(1)10-18-7-4-14-11(9-18)5-8-19-14/h1-3,5-6,8H,4,7,9-10H2,(H,16,17). The van der Waals surface area contributed by atoms with Crippen LogP contribution in [0.15, 0.2) is 35.8 Å². The lowest BCUT2D eigenvalue weighted by molar-refractivity contribution is 0.249. The first-order valence-corrected chi connectivity index (χ1v) is 8.44. The molecule has 4 rings (SSSR count). The van der Waals surface area contributed by atoms with Crippen LogP contribution in [0.25, 0.3) is 10.6 Å². The maximum atomic E-state index is 4.02. The van der Waals surface area contributed by atoms with Gasteiger partial charge in [0, 0.05) is 35.6 Å². The molecule has 0 amide bonds. The number of hydrogen-bond acceptors (Lipinski definition) is 4. The lowest BCUT2D eigenvalue weighted by Gasteiger charge is -2.26. The summed E-state index contributed by atoms with van der Waals surface area (Å²) in [7, 11) is 0. The van der Waals surface area contributed by atoms with Crippen LogP contribution in [0.2, 0.25) is 0 Å². The fourth-order valence-corrected chi connectivity index (χ4v) is 4.58. The third kappa shape index (κ3) is 2.32. The summed E-state index contributed by atoms with van der Waals surface area (Å²) in [6.45, 7) is 3.31. The molecular formula is C15H15N3S2. The van der Waals surface area contributed by atoms with Crippen molar-refractivity contribution in [1.29, 1.82) is 0 Å². The Hall–Kier alpha value is -1.43. The van der Waals surface area contributed by atoms with Gasteiger partial charge in [-0.25, -0.2) is 0 Å². The molecule has 20 heavy (non-hydrogen) atoms. The normalized spacial score (nSPS) is 15.4. The molecule has 0 spiro atoms. The summed E-state index contributed by atoms with van der Waals surface area (Å²) in [4.78, 5) is 6.81. The van der Waals surface area contributed by atoms with E-state index in [0.717, 1.165) is 18.8 Å². The van der Waals surface area contributed by atoms with E-state index in [1.165, 1.54) is 28.3 Å². The van der Waals surface area contributed by atoms with Crippen LogP contribution in [0.5, 0.6) is 0 Å². The van der Waals surface area contributed by atoms with E-state index in [1.807, 2.05) is 28.7 Å². The Balaban J connectivity index is 1.48. The molecule has 3 aromatic heterocycles. The van der Waals surface area contributed by atoms with Gasteiger partial charge in [0.15, 0.2) is 0 Å². The average Bonchev–Trinajstić information content (AvgIpc) is 3.19. The lowest BCUT2D eigenvalue weighted by Crippen LogP contribution is -2.28. The molecule has 102 valence electrons. The molecule has 3 aromatic rings. The molecule has 0 aliphatic carbocycles. The van der Waals surface area contributed by atoms with E-state index < -0.39 is 0 Å². The van der Waals surface area contributed by atoms with Crippen LogP contribution < -0.4 is 0 Å². The highest BCUT2D eigenvalue weighted by molar-refractivity contribution is 7.15. The zero-order chi connectivity index (χ0) is 13.4. The van der Waals surface area contributed by atoms with Crippen molar-refractivity contribution < 1.29 is 0 Å². The van der Waals surface area contributed by atoms with Crippen LogP contribution in [0.4, 0.5) is 0 Å². The van der Waals surface area contributed by atoms with Crippen molar-refractivity contribution in [1.82, 2.24) is 15.1 Å². The smallest absolute Gasteiger partial charge is 0.0749 e.